The Bertz CT molecular complexity index is 771. The standard InChI is InChI=1S/C15H12FNO2/c1-18-11-7-14-12(15(8-11)19-2)6-9-5-10(16)3-4-13(9)17-14/h3-8H,1-2H3. The second-order valence-electron chi connectivity index (χ2n) is 4.22. The minimum Gasteiger partial charge on any atom is -0.497 e. The van der Waals surface area contributed by atoms with E-state index in [9.17, 15) is 4.39 Å². The van der Waals surface area contributed by atoms with Crippen molar-refractivity contribution in [1.82, 2.24) is 4.98 Å². The molecule has 0 bridgehead atoms. The van der Waals surface area contributed by atoms with Crippen LogP contribution in [0.2, 0.25) is 0 Å². The summed E-state index contributed by atoms with van der Waals surface area (Å²) in [6, 6.07) is 10.0. The summed E-state index contributed by atoms with van der Waals surface area (Å²) in [4.78, 5) is 4.51. The van der Waals surface area contributed by atoms with Crippen LogP contribution in [-0.4, -0.2) is 19.2 Å². The number of pyridine rings is 1. The molecular formula is C15H12FNO2. The van der Waals surface area contributed by atoms with Gasteiger partial charge in [0.1, 0.15) is 17.3 Å². The number of nitrogens with zero attached hydrogens (tertiary/aromatic N) is 1. The van der Waals surface area contributed by atoms with Crippen LogP contribution < -0.4 is 9.47 Å². The summed E-state index contributed by atoms with van der Waals surface area (Å²) < 4.78 is 23.8. The van der Waals surface area contributed by atoms with Crippen molar-refractivity contribution in [1.29, 1.82) is 0 Å². The smallest absolute Gasteiger partial charge is 0.131 e. The molecule has 19 heavy (non-hydrogen) atoms. The lowest BCUT2D eigenvalue weighted by atomic mass is 10.1. The molecule has 96 valence electrons. The van der Waals surface area contributed by atoms with E-state index in [1.54, 1.807) is 26.4 Å². The number of hydrogen-bond acceptors (Lipinski definition) is 3. The first kappa shape index (κ1) is 11.7. The van der Waals surface area contributed by atoms with Crippen LogP contribution in [0.3, 0.4) is 0 Å². The Hall–Kier alpha value is -2.36. The fraction of sp³-hybridized carbons (Fsp3) is 0.133. The highest BCUT2D eigenvalue weighted by atomic mass is 19.1. The fourth-order valence-corrected chi connectivity index (χ4v) is 2.14. The maximum atomic E-state index is 13.3. The third-order valence-electron chi connectivity index (χ3n) is 3.08. The van der Waals surface area contributed by atoms with E-state index in [4.69, 9.17) is 9.47 Å². The van der Waals surface area contributed by atoms with Crippen LogP contribution >= 0.6 is 0 Å². The highest BCUT2D eigenvalue weighted by Crippen LogP contribution is 2.32. The summed E-state index contributed by atoms with van der Waals surface area (Å²) in [6.07, 6.45) is 0. The van der Waals surface area contributed by atoms with Crippen molar-refractivity contribution in [2.24, 2.45) is 0 Å². The molecule has 0 aliphatic heterocycles. The van der Waals surface area contributed by atoms with E-state index >= 15 is 0 Å². The summed E-state index contributed by atoms with van der Waals surface area (Å²) in [5.41, 5.74) is 1.50. The van der Waals surface area contributed by atoms with Crippen molar-refractivity contribution in [3.05, 3.63) is 42.2 Å². The number of methoxy groups -OCH3 is 2. The van der Waals surface area contributed by atoms with Gasteiger partial charge in [-0.05, 0) is 24.3 Å². The molecule has 0 atom stereocenters. The van der Waals surface area contributed by atoms with Crippen LogP contribution in [0, 0.1) is 5.82 Å². The summed E-state index contributed by atoms with van der Waals surface area (Å²) in [7, 11) is 3.18. The Balaban J connectivity index is 2.40. The molecule has 1 aromatic heterocycles. The molecule has 4 heteroatoms. The average molecular weight is 257 g/mol. The maximum Gasteiger partial charge on any atom is 0.131 e. The zero-order valence-corrected chi connectivity index (χ0v) is 10.6. The van der Waals surface area contributed by atoms with Gasteiger partial charge in [-0.3, -0.25) is 0 Å². The van der Waals surface area contributed by atoms with Crippen LogP contribution in [0.1, 0.15) is 0 Å². The number of rotatable bonds is 2. The zero-order chi connectivity index (χ0) is 13.4. The van der Waals surface area contributed by atoms with Crippen molar-refractivity contribution < 1.29 is 13.9 Å². The Kier molecular flexibility index (Phi) is 2.71. The number of benzene rings is 2. The summed E-state index contributed by atoms with van der Waals surface area (Å²) in [6.45, 7) is 0. The van der Waals surface area contributed by atoms with E-state index in [0.717, 1.165) is 21.8 Å². The minimum atomic E-state index is -0.277. The first-order chi connectivity index (χ1) is 9.21. The van der Waals surface area contributed by atoms with Gasteiger partial charge in [-0.15, -0.1) is 0 Å². The predicted molar refractivity (Wildman–Crippen MR) is 72.3 cm³/mol. The molecule has 0 saturated heterocycles. The minimum absolute atomic E-state index is 0.277. The molecule has 3 rings (SSSR count). The van der Waals surface area contributed by atoms with Crippen molar-refractivity contribution >= 4 is 21.8 Å². The second kappa shape index (κ2) is 4.39. The van der Waals surface area contributed by atoms with E-state index < -0.39 is 0 Å². The maximum absolute atomic E-state index is 13.3. The van der Waals surface area contributed by atoms with Crippen LogP contribution in [0.15, 0.2) is 36.4 Å². The normalized spacial score (nSPS) is 10.9. The van der Waals surface area contributed by atoms with Gasteiger partial charge in [0, 0.05) is 22.9 Å². The number of aromatic nitrogens is 1. The van der Waals surface area contributed by atoms with E-state index in [0.29, 0.717) is 11.5 Å². The third kappa shape index (κ3) is 1.95. The Labute approximate surface area is 109 Å². The summed E-state index contributed by atoms with van der Waals surface area (Å²) in [5, 5.41) is 1.58. The lowest BCUT2D eigenvalue weighted by molar-refractivity contribution is 0.398. The largest absolute Gasteiger partial charge is 0.497 e. The van der Waals surface area contributed by atoms with Gasteiger partial charge in [-0.1, -0.05) is 0 Å². The summed E-state index contributed by atoms with van der Waals surface area (Å²) >= 11 is 0. The average Bonchev–Trinajstić information content (AvgIpc) is 2.44. The lowest BCUT2D eigenvalue weighted by Gasteiger charge is -2.09. The third-order valence-corrected chi connectivity index (χ3v) is 3.08. The molecule has 3 nitrogen and oxygen atoms in total. The van der Waals surface area contributed by atoms with Crippen molar-refractivity contribution in [2.75, 3.05) is 14.2 Å². The molecule has 0 radical (unpaired) electrons. The van der Waals surface area contributed by atoms with E-state index in [1.807, 2.05) is 12.1 Å². The molecule has 0 aliphatic carbocycles. The zero-order valence-electron chi connectivity index (χ0n) is 10.6. The SMILES string of the molecule is COc1cc(OC)c2cc3cc(F)ccc3nc2c1. The second-order valence-corrected chi connectivity index (χ2v) is 4.22. The topological polar surface area (TPSA) is 31.4 Å². The van der Waals surface area contributed by atoms with Gasteiger partial charge < -0.3 is 9.47 Å². The number of ether oxygens (including phenoxy) is 2. The van der Waals surface area contributed by atoms with Crippen LogP contribution in [0.4, 0.5) is 4.39 Å². The number of fused-ring (bicyclic) bond motifs is 2. The summed E-state index contributed by atoms with van der Waals surface area (Å²) in [5.74, 6) is 1.06. The van der Waals surface area contributed by atoms with Crippen LogP contribution in [0.25, 0.3) is 21.8 Å². The van der Waals surface area contributed by atoms with E-state index in [-0.39, 0.29) is 5.82 Å². The molecule has 0 saturated carbocycles. The molecule has 0 spiro atoms. The van der Waals surface area contributed by atoms with Gasteiger partial charge in [0.15, 0.2) is 0 Å². The highest BCUT2D eigenvalue weighted by molar-refractivity contribution is 5.96. The quantitative estimate of drug-likeness (QED) is 0.658. The molecule has 0 unspecified atom stereocenters. The Morgan fingerprint density at radius 3 is 2.53 bits per heavy atom. The van der Waals surface area contributed by atoms with Crippen molar-refractivity contribution in [3.63, 3.8) is 0 Å². The molecule has 3 aromatic rings. The van der Waals surface area contributed by atoms with Crippen molar-refractivity contribution in [3.8, 4) is 11.5 Å². The first-order valence-corrected chi connectivity index (χ1v) is 5.83. The van der Waals surface area contributed by atoms with Crippen molar-refractivity contribution in [2.45, 2.75) is 0 Å². The van der Waals surface area contributed by atoms with Crippen LogP contribution in [-0.2, 0) is 0 Å². The molecule has 2 aromatic carbocycles. The van der Waals surface area contributed by atoms with Gasteiger partial charge >= 0.3 is 0 Å². The molecule has 0 fully saturated rings. The van der Waals surface area contributed by atoms with Gasteiger partial charge in [0.25, 0.3) is 0 Å². The number of hydrogen-bond donors (Lipinski definition) is 0. The monoisotopic (exact) mass is 257 g/mol. The highest BCUT2D eigenvalue weighted by Gasteiger charge is 2.08. The fourth-order valence-electron chi connectivity index (χ4n) is 2.14. The molecular weight excluding hydrogens is 245 g/mol. The van der Waals surface area contributed by atoms with Gasteiger partial charge in [-0.2, -0.15) is 0 Å². The predicted octanol–water partition coefficient (Wildman–Crippen LogP) is 3.54. The Morgan fingerprint density at radius 2 is 1.79 bits per heavy atom. The van der Waals surface area contributed by atoms with Gasteiger partial charge in [-0.25, -0.2) is 9.37 Å². The first-order valence-electron chi connectivity index (χ1n) is 5.83. The van der Waals surface area contributed by atoms with E-state index in [1.165, 1.54) is 12.1 Å². The Morgan fingerprint density at radius 1 is 0.947 bits per heavy atom. The van der Waals surface area contributed by atoms with Gasteiger partial charge in [0.2, 0.25) is 0 Å². The molecule has 0 amide bonds. The number of halogens is 1. The molecule has 1 heterocycles. The lowest BCUT2D eigenvalue weighted by Crippen LogP contribution is -1.91. The molecule has 0 aliphatic rings. The van der Waals surface area contributed by atoms with Crippen LogP contribution in [0.5, 0.6) is 11.5 Å². The van der Waals surface area contributed by atoms with E-state index in [2.05, 4.69) is 4.98 Å². The molecule has 0 N–H and O–H groups in total. The van der Waals surface area contributed by atoms with Gasteiger partial charge in [0.05, 0.1) is 25.3 Å².